The van der Waals surface area contributed by atoms with Gasteiger partial charge in [-0.15, -0.1) is 0 Å². The van der Waals surface area contributed by atoms with Gasteiger partial charge in [0, 0.05) is 23.6 Å². The highest BCUT2D eigenvalue weighted by Crippen LogP contribution is 2.26. The van der Waals surface area contributed by atoms with Crippen molar-refractivity contribution in [1.82, 2.24) is 10.6 Å². The zero-order valence-electron chi connectivity index (χ0n) is 11.2. The number of nitrogens with one attached hydrogen (secondary N) is 2. The number of carbonyl (C=O) groups is 1. The van der Waals surface area contributed by atoms with Crippen molar-refractivity contribution in [3.8, 4) is 5.75 Å². The molecule has 1 unspecified atom stereocenters. The molecule has 1 aliphatic heterocycles. The predicted molar refractivity (Wildman–Crippen MR) is 71.3 cm³/mol. The summed E-state index contributed by atoms with van der Waals surface area (Å²) in [5, 5.41) is 5.08. The molecule has 0 radical (unpaired) electrons. The summed E-state index contributed by atoms with van der Waals surface area (Å²) in [5.74, 6) is -3.70. The van der Waals surface area contributed by atoms with E-state index in [9.17, 15) is 22.4 Å². The van der Waals surface area contributed by atoms with Crippen LogP contribution >= 0.6 is 11.6 Å². The van der Waals surface area contributed by atoms with Gasteiger partial charge in [-0.1, -0.05) is 11.6 Å². The highest BCUT2D eigenvalue weighted by Gasteiger charge is 2.42. The van der Waals surface area contributed by atoms with Crippen molar-refractivity contribution in [3.63, 3.8) is 0 Å². The number of hydrogen-bond acceptors (Lipinski definition) is 3. The van der Waals surface area contributed by atoms with Gasteiger partial charge in [0.2, 0.25) is 5.91 Å². The fourth-order valence-corrected chi connectivity index (χ4v) is 2.30. The minimum atomic E-state index is -3.02. The Bertz CT molecular complexity index is 557. The lowest BCUT2D eigenvalue weighted by Crippen LogP contribution is -2.40. The molecule has 0 aliphatic carbocycles. The van der Waals surface area contributed by atoms with Crippen molar-refractivity contribution in [1.29, 1.82) is 0 Å². The second-order valence-electron chi connectivity index (χ2n) is 4.84. The van der Waals surface area contributed by atoms with Crippen LogP contribution in [-0.2, 0) is 11.3 Å². The molecule has 0 spiro atoms. The van der Waals surface area contributed by atoms with Gasteiger partial charge >= 0.3 is 6.61 Å². The first kappa shape index (κ1) is 16.8. The second kappa shape index (κ2) is 6.70. The molecular weight excluding hydrogens is 328 g/mol. The van der Waals surface area contributed by atoms with Crippen LogP contribution in [0.25, 0.3) is 0 Å². The van der Waals surface area contributed by atoms with Crippen LogP contribution in [0.15, 0.2) is 18.2 Å². The van der Waals surface area contributed by atoms with Gasteiger partial charge in [-0.3, -0.25) is 10.1 Å². The molecule has 22 heavy (non-hydrogen) atoms. The lowest BCUT2D eigenvalue weighted by atomic mass is 10.1. The van der Waals surface area contributed by atoms with Gasteiger partial charge in [-0.25, -0.2) is 8.78 Å². The highest BCUT2D eigenvalue weighted by atomic mass is 35.5. The molecule has 4 nitrogen and oxygen atoms in total. The van der Waals surface area contributed by atoms with Crippen LogP contribution in [0.3, 0.4) is 0 Å². The first-order valence-corrected chi connectivity index (χ1v) is 6.77. The lowest BCUT2D eigenvalue weighted by molar-refractivity contribution is -0.123. The number of carbonyl (C=O) groups excluding carboxylic acids is 1. The Labute approximate surface area is 128 Å². The molecule has 122 valence electrons. The van der Waals surface area contributed by atoms with Crippen LogP contribution in [0, 0.1) is 0 Å². The number of alkyl halides is 4. The summed E-state index contributed by atoms with van der Waals surface area (Å²) in [6.45, 7) is -3.75. The number of halogens is 5. The average Bonchev–Trinajstić information content (AvgIpc) is 2.78. The highest BCUT2D eigenvalue weighted by molar-refractivity contribution is 6.30. The molecule has 0 saturated carbocycles. The number of amides is 1. The molecule has 1 aromatic rings. The van der Waals surface area contributed by atoms with E-state index in [0.29, 0.717) is 0 Å². The monoisotopic (exact) mass is 340 g/mol. The van der Waals surface area contributed by atoms with Crippen molar-refractivity contribution in [2.75, 3.05) is 6.54 Å². The molecule has 1 amide bonds. The molecule has 2 N–H and O–H groups in total. The Morgan fingerprint density at radius 3 is 2.82 bits per heavy atom. The largest absolute Gasteiger partial charge is 0.434 e. The van der Waals surface area contributed by atoms with E-state index in [1.807, 2.05) is 0 Å². The third kappa shape index (κ3) is 4.48. The van der Waals surface area contributed by atoms with E-state index < -0.39 is 37.4 Å². The maximum Gasteiger partial charge on any atom is 0.387 e. The fraction of sp³-hybridized carbons (Fsp3) is 0.462. The third-order valence-corrected chi connectivity index (χ3v) is 3.35. The third-order valence-electron chi connectivity index (χ3n) is 3.12. The first-order valence-electron chi connectivity index (χ1n) is 6.39. The summed E-state index contributed by atoms with van der Waals surface area (Å²) < 4.78 is 54.9. The van der Waals surface area contributed by atoms with E-state index in [4.69, 9.17) is 11.6 Å². The van der Waals surface area contributed by atoms with Gasteiger partial charge < -0.3 is 10.1 Å². The Morgan fingerprint density at radius 1 is 1.50 bits per heavy atom. The van der Waals surface area contributed by atoms with Gasteiger partial charge in [0.05, 0.1) is 12.6 Å². The molecule has 1 aliphatic rings. The van der Waals surface area contributed by atoms with E-state index in [0.717, 1.165) is 0 Å². The van der Waals surface area contributed by atoms with Crippen molar-refractivity contribution in [2.45, 2.75) is 31.5 Å². The minimum absolute atomic E-state index is 0.135. The van der Waals surface area contributed by atoms with Crippen molar-refractivity contribution in [2.24, 2.45) is 0 Å². The van der Waals surface area contributed by atoms with Crippen LogP contribution in [-0.4, -0.2) is 31.0 Å². The van der Waals surface area contributed by atoms with E-state index >= 15 is 0 Å². The van der Waals surface area contributed by atoms with Gasteiger partial charge in [0.1, 0.15) is 5.75 Å². The van der Waals surface area contributed by atoms with Crippen LogP contribution in [0.1, 0.15) is 12.0 Å². The first-order chi connectivity index (χ1) is 10.3. The van der Waals surface area contributed by atoms with Crippen LogP contribution in [0.2, 0.25) is 5.02 Å². The van der Waals surface area contributed by atoms with Crippen molar-refractivity contribution in [3.05, 3.63) is 28.8 Å². The molecule has 0 aromatic heterocycles. The molecule has 9 heteroatoms. The Morgan fingerprint density at radius 2 is 2.23 bits per heavy atom. The minimum Gasteiger partial charge on any atom is -0.434 e. The molecule has 1 fully saturated rings. The number of ether oxygens (including phenoxy) is 1. The van der Waals surface area contributed by atoms with Crippen LogP contribution in [0.4, 0.5) is 17.6 Å². The standard InChI is InChI=1S/C13H13ClF4N2O2/c14-8-1-2-10(22-12(15)16)7(3-8)5-19-11(21)9-4-13(17,18)6-20-9/h1-3,9,12,20H,4-6H2,(H,19,21). The topological polar surface area (TPSA) is 50.4 Å². The molecular formula is C13H13ClF4N2O2. The summed E-state index contributed by atoms with van der Waals surface area (Å²) in [6, 6.07) is 2.95. The molecule has 1 atom stereocenters. The maximum atomic E-state index is 13.0. The van der Waals surface area contributed by atoms with Crippen molar-refractivity contribution >= 4 is 17.5 Å². The maximum absolute atomic E-state index is 13.0. The lowest BCUT2D eigenvalue weighted by Gasteiger charge is -2.14. The number of benzene rings is 1. The normalized spacial score (nSPS) is 20.2. The molecule has 1 aromatic carbocycles. The Hall–Kier alpha value is -1.54. The quantitative estimate of drug-likeness (QED) is 0.810. The summed E-state index contributed by atoms with van der Waals surface area (Å²) in [6.07, 6.45) is -0.602. The van der Waals surface area contributed by atoms with E-state index in [1.165, 1.54) is 18.2 Å². The summed E-state index contributed by atoms with van der Waals surface area (Å²) >= 11 is 5.77. The summed E-state index contributed by atoms with van der Waals surface area (Å²) in [4.78, 5) is 11.8. The van der Waals surface area contributed by atoms with Gasteiger partial charge in [0.25, 0.3) is 5.92 Å². The Kier molecular flexibility index (Phi) is 5.12. The summed E-state index contributed by atoms with van der Waals surface area (Å²) in [5.41, 5.74) is 0.228. The van der Waals surface area contributed by atoms with E-state index in [-0.39, 0.29) is 22.9 Å². The molecule has 0 bridgehead atoms. The SMILES string of the molecule is O=C(NCc1cc(Cl)ccc1OC(F)F)C1CC(F)(F)CN1. The number of hydrogen-bond donors (Lipinski definition) is 2. The smallest absolute Gasteiger partial charge is 0.387 e. The van der Waals surface area contributed by atoms with Gasteiger partial charge in [-0.2, -0.15) is 8.78 Å². The molecule has 2 rings (SSSR count). The Balaban J connectivity index is 1.99. The zero-order valence-corrected chi connectivity index (χ0v) is 12.0. The average molecular weight is 341 g/mol. The van der Waals surface area contributed by atoms with Gasteiger partial charge in [-0.05, 0) is 18.2 Å². The van der Waals surface area contributed by atoms with E-state index in [1.54, 1.807) is 0 Å². The van der Waals surface area contributed by atoms with E-state index in [2.05, 4.69) is 15.4 Å². The van der Waals surface area contributed by atoms with Crippen LogP contribution < -0.4 is 15.4 Å². The summed E-state index contributed by atoms with van der Waals surface area (Å²) in [7, 11) is 0. The number of rotatable bonds is 5. The van der Waals surface area contributed by atoms with Crippen LogP contribution in [0.5, 0.6) is 5.75 Å². The van der Waals surface area contributed by atoms with Gasteiger partial charge in [0.15, 0.2) is 0 Å². The molecule has 1 saturated heterocycles. The van der Waals surface area contributed by atoms with Crippen molar-refractivity contribution < 1.29 is 27.1 Å². The fourth-order valence-electron chi connectivity index (χ4n) is 2.10. The second-order valence-corrected chi connectivity index (χ2v) is 5.28. The molecule has 1 heterocycles. The predicted octanol–water partition coefficient (Wildman–Crippen LogP) is 2.55. The zero-order chi connectivity index (χ0) is 16.3.